The summed E-state index contributed by atoms with van der Waals surface area (Å²) >= 11 is 12.5. The zero-order valence-electron chi connectivity index (χ0n) is 18.0. The molecule has 0 aliphatic carbocycles. The number of piperidine rings is 1. The molecule has 1 aromatic heterocycles. The zero-order chi connectivity index (χ0) is 22.8. The first-order chi connectivity index (χ1) is 14.6. The summed E-state index contributed by atoms with van der Waals surface area (Å²) in [4.78, 5) is 23.2. The molecule has 2 heterocycles. The highest BCUT2D eigenvalue weighted by atomic mass is 35.5. The van der Waals surface area contributed by atoms with Crippen molar-refractivity contribution in [2.45, 2.75) is 52.2 Å². The Bertz CT molecular complexity index is 1020. The molecule has 0 radical (unpaired) electrons. The fraction of sp³-hybridized carbons (Fsp3) is 0.455. The number of nitrogens with one attached hydrogen (secondary N) is 1. The Morgan fingerprint density at radius 1 is 1.26 bits per heavy atom. The highest BCUT2D eigenvalue weighted by Crippen LogP contribution is 2.36. The van der Waals surface area contributed by atoms with Crippen molar-refractivity contribution >= 4 is 35.2 Å². The van der Waals surface area contributed by atoms with Crippen molar-refractivity contribution in [1.82, 2.24) is 15.3 Å². The van der Waals surface area contributed by atoms with Crippen LogP contribution in [0.1, 0.15) is 45.0 Å². The topological polar surface area (TPSA) is 91.1 Å². The van der Waals surface area contributed by atoms with E-state index in [1.165, 1.54) is 0 Å². The molecule has 164 valence electrons. The smallest absolute Gasteiger partial charge is 0.407 e. The van der Waals surface area contributed by atoms with Gasteiger partial charge in [-0.3, -0.25) is 0 Å². The molecular formula is C22H25Cl2N5O2. The third kappa shape index (κ3) is 5.57. The summed E-state index contributed by atoms with van der Waals surface area (Å²) in [6.45, 7) is 8.64. The Morgan fingerprint density at radius 2 is 1.94 bits per heavy atom. The van der Waals surface area contributed by atoms with E-state index >= 15 is 0 Å². The summed E-state index contributed by atoms with van der Waals surface area (Å²) in [7, 11) is 0. The van der Waals surface area contributed by atoms with E-state index in [9.17, 15) is 10.1 Å². The lowest BCUT2D eigenvalue weighted by Crippen LogP contribution is -2.46. The number of hydrogen-bond acceptors (Lipinski definition) is 6. The predicted octanol–water partition coefficient (Wildman–Crippen LogP) is 5.12. The molecule has 1 aliphatic rings. The first kappa shape index (κ1) is 23.1. The third-order valence-electron chi connectivity index (χ3n) is 4.90. The van der Waals surface area contributed by atoms with Gasteiger partial charge in [0.1, 0.15) is 11.7 Å². The average molecular weight is 462 g/mol. The summed E-state index contributed by atoms with van der Waals surface area (Å²) in [5.41, 5.74) is 1.59. The fourth-order valence-electron chi connectivity index (χ4n) is 3.50. The van der Waals surface area contributed by atoms with Crippen LogP contribution in [0.25, 0.3) is 11.1 Å². The van der Waals surface area contributed by atoms with Crippen LogP contribution < -0.4 is 10.2 Å². The van der Waals surface area contributed by atoms with Crippen molar-refractivity contribution in [2.24, 2.45) is 0 Å². The molecule has 0 spiro atoms. The summed E-state index contributed by atoms with van der Waals surface area (Å²) in [6.07, 6.45) is 1.05. The number of nitrogens with zero attached hydrogens (tertiary/aromatic N) is 4. The van der Waals surface area contributed by atoms with E-state index in [1.54, 1.807) is 18.2 Å². The van der Waals surface area contributed by atoms with Crippen LogP contribution >= 0.6 is 23.2 Å². The van der Waals surface area contributed by atoms with Gasteiger partial charge in [0.15, 0.2) is 5.69 Å². The molecule has 3 rings (SSSR count). The molecule has 9 heteroatoms. The standard InChI is InChI=1S/C22H25Cl2N5O2/c1-13-18(15-6-5-7-16(23)19(15)24)17(12-25)28-20(26-13)29-10-8-14(9-11-29)27-21(30)31-22(2,3)4/h5-7,14H,8-11H2,1-4H3,(H,27,30). The molecule has 0 unspecified atom stereocenters. The first-order valence-electron chi connectivity index (χ1n) is 10.1. The van der Waals surface area contributed by atoms with Crippen molar-refractivity contribution in [3.63, 3.8) is 0 Å². The van der Waals surface area contributed by atoms with Gasteiger partial charge in [-0.2, -0.15) is 5.26 Å². The van der Waals surface area contributed by atoms with Crippen molar-refractivity contribution in [1.29, 1.82) is 5.26 Å². The van der Waals surface area contributed by atoms with Crippen LogP contribution in [0, 0.1) is 18.3 Å². The van der Waals surface area contributed by atoms with Crippen LogP contribution in [0.4, 0.5) is 10.7 Å². The number of aromatic nitrogens is 2. The van der Waals surface area contributed by atoms with E-state index in [2.05, 4.69) is 21.4 Å². The number of rotatable bonds is 3. The Kier molecular flexibility index (Phi) is 6.93. The van der Waals surface area contributed by atoms with Gasteiger partial charge in [0.05, 0.1) is 15.7 Å². The number of carbonyl (C=O) groups is 1. The monoisotopic (exact) mass is 461 g/mol. The Labute approximate surface area is 192 Å². The lowest BCUT2D eigenvalue weighted by atomic mass is 10.0. The summed E-state index contributed by atoms with van der Waals surface area (Å²) in [5, 5.41) is 13.4. The molecule has 1 N–H and O–H groups in total. The van der Waals surface area contributed by atoms with Gasteiger partial charge < -0.3 is 15.0 Å². The maximum Gasteiger partial charge on any atom is 0.407 e. The second-order valence-electron chi connectivity index (χ2n) is 8.45. The molecule has 1 fully saturated rings. The SMILES string of the molecule is Cc1nc(N2CCC(NC(=O)OC(C)(C)C)CC2)nc(C#N)c1-c1cccc(Cl)c1Cl. The Balaban J connectivity index is 1.75. The van der Waals surface area contributed by atoms with Gasteiger partial charge in [0.25, 0.3) is 0 Å². The van der Waals surface area contributed by atoms with Crippen LogP contribution in [0.2, 0.25) is 10.0 Å². The predicted molar refractivity (Wildman–Crippen MR) is 122 cm³/mol. The van der Waals surface area contributed by atoms with Crippen LogP contribution in [0.5, 0.6) is 0 Å². The Morgan fingerprint density at radius 3 is 2.55 bits per heavy atom. The fourth-order valence-corrected chi connectivity index (χ4v) is 3.89. The molecule has 0 atom stereocenters. The van der Waals surface area contributed by atoms with Gasteiger partial charge in [-0.15, -0.1) is 0 Å². The van der Waals surface area contributed by atoms with E-state index < -0.39 is 11.7 Å². The van der Waals surface area contributed by atoms with Crippen LogP contribution in [-0.2, 0) is 4.74 Å². The molecule has 2 aromatic rings. The van der Waals surface area contributed by atoms with Gasteiger partial charge in [-0.05, 0) is 46.6 Å². The van der Waals surface area contributed by atoms with Gasteiger partial charge >= 0.3 is 6.09 Å². The van der Waals surface area contributed by atoms with E-state index in [0.29, 0.717) is 45.9 Å². The normalized spacial score (nSPS) is 14.8. The number of ether oxygens (including phenoxy) is 1. The number of alkyl carbamates (subject to hydrolysis) is 1. The Hall–Kier alpha value is -2.56. The van der Waals surface area contributed by atoms with E-state index in [1.807, 2.05) is 32.6 Å². The van der Waals surface area contributed by atoms with Crippen molar-refractivity contribution in [3.8, 4) is 17.2 Å². The molecule has 7 nitrogen and oxygen atoms in total. The maximum atomic E-state index is 12.0. The van der Waals surface area contributed by atoms with Gasteiger partial charge in [0, 0.05) is 30.3 Å². The summed E-state index contributed by atoms with van der Waals surface area (Å²) in [5.74, 6) is 0.492. The number of amides is 1. The second-order valence-corrected chi connectivity index (χ2v) is 9.24. The number of benzene rings is 1. The molecule has 1 aliphatic heterocycles. The molecule has 0 bridgehead atoms. The molecule has 0 saturated carbocycles. The molecule has 31 heavy (non-hydrogen) atoms. The summed E-state index contributed by atoms with van der Waals surface area (Å²) < 4.78 is 5.33. The largest absolute Gasteiger partial charge is 0.444 e. The van der Waals surface area contributed by atoms with Crippen LogP contribution in [-0.4, -0.2) is 40.8 Å². The number of aryl methyl sites for hydroxylation is 1. The molecule has 1 saturated heterocycles. The minimum atomic E-state index is -0.530. The second kappa shape index (κ2) is 9.29. The van der Waals surface area contributed by atoms with Crippen molar-refractivity contribution < 1.29 is 9.53 Å². The number of nitriles is 1. The van der Waals surface area contributed by atoms with Gasteiger partial charge in [-0.1, -0.05) is 35.3 Å². The third-order valence-corrected chi connectivity index (χ3v) is 5.72. The molecule has 1 aromatic carbocycles. The first-order valence-corrected chi connectivity index (χ1v) is 10.8. The maximum absolute atomic E-state index is 12.0. The van der Waals surface area contributed by atoms with Crippen molar-refractivity contribution in [3.05, 3.63) is 39.6 Å². The van der Waals surface area contributed by atoms with E-state index in [4.69, 9.17) is 27.9 Å². The van der Waals surface area contributed by atoms with Gasteiger partial charge in [-0.25, -0.2) is 14.8 Å². The molecule has 1 amide bonds. The van der Waals surface area contributed by atoms with E-state index in [0.717, 1.165) is 12.8 Å². The average Bonchev–Trinajstić information content (AvgIpc) is 2.69. The number of anilines is 1. The minimum Gasteiger partial charge on any atom is -0.444 e. The zero-order valence-corrected chi connectivity index (χ0v) is 19.5. The molecular weight excluding hydrogens is 437 g/mol. The highest BCUT2D eigenvalue weighted by Gasteiger charge is 2.26. The summed E-state index contributed by atoms with van der Waals surface area (Å²) in [6, 6.07) is 7.46. The van der Waals surface area contributed by atoms with Crippen molar-refractivity contribution in [2.75, 3.05) is 18.0 Å². The highest BCUT2D eigenvalue weighted by molar-refractivity contribution is 6.43. The van der Waals surface area contributed by atoms with E-state index in [-0.39, 0.29) is 11.7 Å². The lowest BCUT2D eigenvalue weighted by Gasteiger charge is -2.33. The van der Waals surface area contributed by atoms with Gasteiger partial charge in [0.2, 0.25) is 5.95 Å². The van der Waals surface area contributed by atoms with Crippen LogP contribution in [0.15, 0.2) is 18.2 Å². The quantitative estimate of drug-likeness (QED) is 0.681. The minimum absolute atomic E-state index is 0.0205. The lowest BCUT2D eigenvalue weighted by molar-refractivity contribution is 0.0497. The number of carbonyl (C=O) groups excluding carboxylic acids is 1. The number of hydrogen-bond donors (Lipinski definition) is 1. The van der Waals surface area contributed by atoms with Crippen LogP contribution in [0.3, 0.4) is 0 Å². The number of halogens is 2.